The fraction of sp³-hybridized carbons (Fsp3) is 0.421. The minimum atomic E-state index is 0.0470. The minimum Gasteiger partial charge on any atom is -0.355 e. The first-order chi connectivity index (χ1) is 11.6. The molecule has 2 aromatic rings. The average Bonchev–Trinajstić information content (AvgIpc) is 2.57. The predicted molar refractivity (Wildman–Crippen MR) is 97.4 cm³/mol. The van der Waals surface area contributed by atoms with E-state index in [0.29, 0.717) is 23.4 Å². The van der Waals surface area contributed by atoms with Crippen LogP contribution in [0.2, 0.25) is 0 Å². The number of thioether (sulfide) groups is 1. The molecule has 0 radical (unpaired) electrons. The number of carbonyl (C=O) groups is 1. The van der Waals surface area contributed by atoms with Gasteiger partial charge in [0.25, 0.3) is 0 Å². The third kappa shape index (κ3) is 4.35. The van der Waals surface area contributed by atoms with Crippen molar-refractivity contribution >= 4 is 17.7 Å². The highest BCUT2D eigenvalue weighted by molar-refractivity contribution is 7.99. The number of fused-ring (bicyclic) bond motifs is 1. The van der Waals surface area contributed by atoms with Crippen LogP contribution in [0.3, 0.4) is 0 Å². The predicted octanol–water partition coefficient (Wildman–Crippen LogP) is 3.42. The summed E-state index contributed by atoms with van der Waals surface area (Å²) in [6.45, 7) is 4.60. The number of nitrogens with zero attached hydrogens (tertiary/aromatic N) is 2. The van der Waals surface area contributed by atoms with Crippen LogP contribution in [0, 0.1) is 13.8 Å². The molecule has 24 heavy (non-hydrogen) atoms. The van der Waals surface area contributed by atoms with E-state index in [-0.39, 0.29) is 5.91 Å². The number of benzene rings is 1. The normalized spacial score (nSPS) is 16.5. The van der Waals surface area contributed by atoms with Gasteiger partial charge >= 0.3 is 0 Å². The van der Waals surface area contributed by atoms with Crippen molar-refractivity contribution in [3.8, 4) is 0 Å². The Bertz CT molecular complexity index is 712. The number of hydrogen-bond donors (Lipinski definition) is 1. The summed E-state index contributed by atoms with van der Waals surface area (Å²) >= 11 is 1.39. The van der Waals surface area contributed by atoms with E-state index in [4.69, 9.17) is 0 Å². The van der Waals surface area contributed by atoms with Gasteiger partial charge in [-0.3, -0.25) is 4.79 Å². The Morgan fingerprint density at radius 2 is 2.00 bits per heavy atom. The van der Waals surface area contributed by atoms with E-state index in [1.54, 1.807) is 0 Å². The minimum absolute atomic E-state index is 0.0470. The quantitative estimate of drug-likeness (QED) is 0.669. The molecule has 1 aromatic carbocycles. The van der Waals surface area contributed by atoms with Crippen molar-refractivity contribution < 1.29 is 4.79 Å². The molecule has 1 unspecified atom stereocenters. The van der Waals surface area contributed by atoms with Gasteiger partial charge in [0.05, 0.1) is 5.75 Å². The third-order valence-electron chi connectivity index (χ3n) is 4.33. The maximum Gasteiger partial charge on any atom is 0.230 e. The Hall–Kier alpha value is -1.88. The van der Waals surface area contributed by atoms with Crippen LogP contribution in [0.5, 0.6) is 0 Å². The van der Waals surface area contributed by atoms with Gasteiger partial charge in [-0.2, -0.15) is 0 Å². The monoisotopic (exact) mass is 341 g/mol. The van der Waals surface area contributed by atoms with Crippen molar-refractivity contribution in [3.63, 3.8) is 0 Å². The van der Waals surface area contributed by atoms with Gasteiger partial charge in [-0.15, -0.1) is 0 Å². The maximum atomic E-state index is 12.2. The van der Waals surface area contributed by atoms with E-state index < -0.39 is 0 Å². The van der Waals surface area contributed by atoms with Gasteiger partial charge in [0.1, 0.15) is 0 Å². The first-order valence-corrected chi connectivity index (χ1v) is 9.40. The maximum absolute atomic E-state index is 12.2. The summed E-state index contributed by atoms with van der Waals surface area (Å²) in [5.74, 6) is 0.837. The molecule has 5 heteroatoms. The summed E-state index contributed by atoms with van der Waals surface area (Å²) in [6, 6.07) is 10.5. The summed E-state index contributed by atoms with van der Waals surface area (Å²) in [7, 11) is 0. The molecule has 0 bridgehead atoms. The highest BCUT2D eigenvalue weighted by Crippen LogP contribution is 2.30. The van der Waals surface area contributed by atoms with E-state index in [2.05, 4.69) is 39.6 Å². The smallest absolute Gasteiger partial charge is 0.230 e. The molecule has 4 nitrogen and oxygen atoms in total. The van der Waals surface area contributed by atoms with Crippen LogP contribution in [0.1, 0.15) is 41.3 Å². The van der Waals surface area contributed by atoms with Crippen molar-refractivity contribution in [1.82, 2.24) is 15.3 Å². The van der Waals surface area contributed by atoms with Gasteiger partial charge in [0.15, 0.2) is 5.16 Å². The molecule has 0 saturated heterocycles. The molecule has 3 rings (SSSR count). The summed E-state index contributed by atoms with van der Waals surface area (Å²) in [5, 5.41) is 3.75. The molecule has 0 fully saturated rings. The molecule has 1 heterocycles. The molecule has 1 amide bonds. The summed E-state index contributed by atoms with van der Waals surface area (Å²) in [6.07, 6.45) is 3.49. The lowest BCUT2D eigenvalue weighted by atomic mass is 9.83. The van der Waals surface area contributed by atoms with Gasteiger partial charge in [0.2, 0.25) is 5.91 Å². The van der Waals surface area contributed by atoms with Crippen molar-refractivity contribution in [2.75, 3.05) is 12.3 Å². The molecule has 0 aliphatic heterocycles. The standard InChI is InChI=1S/C19H23N3OS/c1-13-10-14(2)22-19(21-13)24-12-18(23)20-11-16-8-5-7-15-6-3-4-9-17(15)16/h3-4,6,9-10,16H,5,7-8,11-12H2,1-2H3,(H,20,23). The number of hydrogen-bond acceptors (Lipinski definition) is 4. The van der Waals surface area contributed by atoms with Gasteiger partial charge in [-0.25, -0.2) is 9.97 Å². The highest BCUT2D eigenvalue weighted by atomic mass is 32.2. The van der Waals surface area contributed by atoms with E-state index >= 15 is 0 Å². The summed E-state index contributed by atoms with van der Waals surface area (Å²) in [4.78, 5) is 20.9. The van der Waals surface area contributed by atoms with Crippen LogP contribution in [0.15, 0.2) is 35.5 Å². The second kappa shape index (κ2) is 7.79. The van der Waals surface area contributed by atoms with Crippen molar-refractivity contribution in [2.45, 2.75) is 44.2 Å². The zero-order valence-corrected chi connectivity index (χ0v) is 15.0. The molecule has 1 aromatic heterocycles. The van der Waals surface area contributed by atoms with Crippen molar-refractivity contribution in [3.05, 3.63) is 52.8 Å². The zero-order valence-electron chi connectivity index (χ0n) is 14.2. The number of aryl methyl sites for hydroxylation is 3. The zero-order chi connectivity index (χ0) is 16.9. The molecule has 0 saturated carbocycles. The Morgan fingerprint density at radius 3 is 2.79 bits per heavy atom. The van der Waals surface area contributed by atoms with Crippen LogP contribution in [0.25, 0.3) is 0 Å². The number of aromatic nitrogens is 2. The van der Waals surface area contributed by atoms with Gasteiger partial charge in [0, 0.05) is 23.9 Å². The van der Waals surface area contributed by atoms with Gasteiger partial charge in [-0.1, -0.05) is 36.0 Å². The largest absolute Gasteiger partial charge is 0.355 e. The van der Waals surface area contributed by atoms with E-state index in [0.717, 1.165) is 24.2 Å². The molecular weight excluding hydrogens is 318 g/mol. The van der Waals surface area contributed by atoms with E-state index in [9.17, 15) is 4.79 Å². The molecule has 1 N–H and O–H groups in total. The summed E-state index contributed by atoms with van der Waals surface area (Å²) in [5.41, 5.74) is 4.70. The molecular formula is C19H23N3OS. The Balaban J connectivity index is 1.51. The van der Waals surface area contributed by atoms with Crippen LogP contribution in [-0.2, 0) is 11.2 Å². The van der Waals surface area contributed by atoms with Gasteiger partial charge in [-0.05, 0) is 50.3 Å². The van der Waals surface area contributed by atoms with Gasteiger partial charge < -0.3 is 5.32 Å². The Labute approximate surface area is 147 Å². The van der Waals surface area contributed by atoms with Crippen molar-refractivity contribution in [2.24, 2.45) is 0 Å². The van der Waals surface area contributed by atoms with Crippen LogP contribution in [-0.4, -0.2) is 28.2 Å². The fourth-order valence-corrected chi connectivity index (χ4v) is 4.02. The third-order valence-corrected chi connectivity index (χ3v) is 5.18. The van der Waals surface area contributed by atoms with Crippen molar-refractivity contribution in [1.29, 1.82) is 0 Å². The molecule has 126 valence electrons. The van der Waals surface area contributed by atoms with E-state index in [1.165, 1.54) is 29.3 Å². The molecule has 1 aliphatic rings. The van der Waals surface area contributed by atoms with Crippen LogP contribution < -0.4 is 5.32 Å². The lowest BCUT2D eigenvalue weighted by Crippen LogP contribution is -2.31. The first-order valence-electron chi connectivity index (χ1n) is 8.41. The number of nitrogens with one attached hydrogen (secondary N) is 1. The lowest BCUT2D eigenvalue weighted by Gasteiger charge is -2.25. The van der Waals surface area contributed by atoms with Crippen LogP contribution in [0.4, 0.5) is 0 Å². The lowest BCUT2D eigenvalue weighted by molar-refractivity contribution is -0.118. The van der Waals surface area contributed by atoms with E-state index in [1.807, 2.05) is 19.9 Å². The number of amides is 1. The molecule has 1 aliphatic carbocycles. The number of rotatable bonds is 5. The topological polar surface area (TPSA) is 54.9 Å². The first kappa shape index (κ1) is 17.0. The Kier molecular flexibility index (Phi) is 5.51. The second-order valence-corrected chi connectivity index (χ2v) is 7.26. The highest BCUT2D eigenvalue weighted by Gasteiger charge is 2.20. The molecule has 0 spiro atoms. The summed E-state index contributed by atoms with van der Waals surface area (Å²) < 4.78 is 0. The SMILES string of the molecule is Cc1cc(C)nc(SCC(=O)NCC2CCCc3ccccc32)n1. The molecule has 1 atom stereocenters. The van der Waals surface area contributed by atoms with Crippen LogP contribution >= 0.6 is 11.8 Å². The Morgan fingerprint density at radius 1 is 1.25 bits per heavy atom. The average molecular weight is 341 g/mol. The second-order valence-electron chi connectivity index (χ2n) is 6.31. The fourth-order valence-electron chi connectivity index (χ4n) is 3.24. The number of carbonyl (C=O) groups excluding carboxylic acids is 1.